The summed E-state index contributed by atoms with van der Waals surface area (Å²) in [7, 11) is 0. The van der Waals surface area contributed by atoms with Crippen LogP contribution in [0.25, 0.3) is 0 Å². The zero-order valence-corrected chi connectivity index (χ0v) is 14.8. The number of nitrogens with zero attached hydrogens (tertiary/aromatic N) is 1. The van der Waals surface area contributed by atoms with E-state index in [1.54, 1.807) is 11.8 Å². The first kappa shape index (κ1) is 18.0. The molecule has 1 aliphatic rings. The summed E-state index contributed by atoms with van der Waals surface area (Å²) >= 11 is 1.65. The van der Waals surface area contributed by atoms with Crippen molar-refractivity contribution in [1.29, 1.82) is 0 Å². The van der Waals surface area contributed by atoms with Crippen molar-refractivity contribution in [3.63, 3.8) is 0 Å². The first-order valence-corrected chi connectivity index (χ1v) is 9.66. The van der Waals surface area contributed by atoms with E-state index in [-0.39, 0.29) is 5.91 Å². The molecule has 2 rings (SSSR count). The first-order valence-electron chi connectivity index (χ1n) is 8.51. The standard InChI is InChI=1S/C18H27NO3S/c1-2-12-21-16-6-8-17(9-7-16)22-13-14-23-15-18(20)19-10-4-3-5-11-19/h6-9H,2-5,10-15H2,1H3. The van der Waals surface area contributed by atoms with E-state index >= 15 is 0 Å². The minimum atomic E-state index is 0.270. The van der Waals surface area contributed by atoms with Gasteiger partial charge >= 0.3 is 0 Å². The Labute approximate surface area is 143 Å². The number of thioether (sulfide) groups is 1. The molecule has 0 unspecified atom stereocenters. The van der Waals surface area contributed by atoms with Gasteiger partial charge in [-0.3, -0.25) is 4.79 Å². The van der Waals surface area contributed by atoms with Crippen LogP contribution < -0.4 is 9.47 Å². The van der Waals surface area contributed by atoms with E-state index in [2.05, 4.69) is 6.92 Å². The quantitative estimate of drug-likeness (QED) is 0.646. The van der Waals surface area contributed by atoms with E-state index in [4.69, 9.17) is 9.47 Å². The molecule has 1 aromatic rings. The summed E-state index contributed by atoms with van der Waals surface area (Å²) in [5, 5.41) is 0. The molecule has 0 N–H and O–H groups in total. The third kappa shape index (κ3) is 6.73. The molecule has 0 aromatic heterocycles. The van der Waals surface area contributed by atoms with Crippen LogP contribution in [0.5, 0.6) is 11.5 Å². The second-order valence-electron chi connectivity index (χ2n) is 5.66. The Kier molecular flexibility index (Phi) is 8.15. The summed E-state index contributed by atoms with van der Waals surface area (Å²) in [6.07, 6.45) is 4.56. The maximum atomic E-state index is 12.0. The highest BCUT2D eigenvalue weighted by atomic mass is 32.2. The third-order valence-corrected chi connectivity index (χ3v) is 4.63. The van der Waals surface area contributed by atoms with Gasteiger partial charge in [0.05, 0.1) is 19.0 Å². The molecule has 23 heavy (non-hydrogen) atoms. The molecule has 0 saturated carbocycles. The Hall–Kier alpha value is -1.36. The highest BCUT2D eigenvalue weighted by molar-refractivity contribution is 7.99. The highest BCUT2D eigenvalue weighted by Crippen LogP contribution is 2.18. The molecule has 1 aliphatic heterocycles. The van der Waals surface area contributed by atoms with E-state index < -0.39 is 0 Å². The van der Waals surface area contributed by atoms with Gasteiger partial charge in [0.1, 0.15) is 11.5 Å². The molecule has 0 atom stereocenters. The Morgan fingerprint density at radius 1 is 1.04 bits per heavy atom. The van der Waals surface area contributed by atoms with Gasteiger partial charge in [-0.25, -0.2) is 0 Å². The lowest BCUT2D eigenvalue weighted by atomic mass is 10.1. The minimum absolute atomic E-state index is 0.270. The molecule has 0 aliphatic carbocycles. The van der Waals surface area contributed by atoms with Crippen molar-refractivity contribution in [1.82, 2.24) is 4.90 Å². The van der Waals surface area contributed by atoms with Gasteiger partial charge in [0, 0.05) is 18.8 Å². The molecule has 1 aromatic carbocycles. The van der Waals surface area contributed by atoms with Gasteiger partial charge in [0.25, 0.3) is 0 Å². The zero-order chi connectivity index (χ0) is 16.3. The van der Waals surface area contributed by atoms with Gasteiger partial charge in [0.15, 0.2) is 0 Å². The van der Waals surface area contributed by atoms with Crippen LogP contribution in [0.1, 0.15) is 32.6 Å². The summed E-state index contributed by atoms with van der Waals surface area (Å²) < 4.78 is 11.2. The van der Waals surface area contributed by atoms with Crippen molar-refractivity contribution in [3.8, 4) is 11.5 Å². The number of amides is 1. The van der Waals surface area contributed by atoms with Gasteiger partial charge in [-0.05, 0) is 49.9 Å². The monoisotopic (exact) mass is 337 g/mol. The molecule has 1 amide bonds. The van der Waals surface area contributed by atoms with Gasteiger partial charge in [0.2, 0.25) is 5.91 Å². The second-order valence-corrected chi connectivity index (χ2v) is 6.77. The van der Waals surface area contributed by atoms with Crippen molar-refractivity contribution in [3.05, 3.63) is 24.3 Å². The van der Waals surface area contributed by atoms with E-state index in [0.717, 1.165) is 56.2 Å². The molecule has 5 heteroatoms. The lowest BCUT2D eigenvalue weighted by molar-refractivity contribution is -0.129. The number of benzene rings is 1. The maximum Gasteiger partial charge on any atom is 0.232 e. The number of rotatable bonds is 9. The molecule has 4 nitrogen and oxygen atoms in total. The van der Waals surface area contributed by atoms with Crippen LogP contribution in [0.3, 0.4) is 0 Å². The number of hydrogen-bond acceptors (Lipinski definition) is 4. The van der Waals surface area contributed by atoms with Gasteiger partial charge in [-0.15, -0.1) is 11.8 Å². The van der Waals surface area contributed by atoms with Crippen LogP contribution in [0.4, 0.5) is 0 Å². The predicted octanol–water partition coefficient (Wildman–Crippen LogP) is 3.60. The Bertz CT molecular complexity index is 458. The SMILES string of the molecule is CCCOc1ccc(OCCSCC(=O)N2CCCCC2)cc1. The summed E-state index contributed by atoms with van der Waals surface area (Å²) in [6.45, 7) is 5.31. The number of piperidine rings is 1. The number of carbonyl (C=O) groups excluding carboxylic acids is 1. The summed E-state index contributed by atoms with van der Waals surface area (Å²) in [4.78, 5) is 14.0. The van der Waals surface area contributed by atoms with E-state index in [9.17, 15) is 4.79 Å². The van der Waals surface area contributed by atoms with Crippen LogP contribution in [0.15, 0.2) is 24.3 Å². The van der Waals surface area contributed by atoms with E-state index in [1.807, 2.05) is 29.2 Å². The normalized spacial score (nSPS) is 14.6. The fraction of sp³-hybridized carbons (Fsp3) is 0.611. The minimum Gasteiger partial charge on any atom is -0.494 e. The zero-order valence-electron chi connectivity index (χ0n) is 14.0. The van der Waals surface area contributed by atoms with Crippen molar-refractivity contribution >= 4 is 17.7 Å². The number of ether oxygens (including phenoxy) is 2. The van der Waals surface area contributed by atoms with Crippen molar-refractivity contribution in [2.24, 2.45) is 0 Å². The van der Waals surface area contributed by atoms with E-state index in [1.165, 1.54) is 6.42 Å². The number of carbonyl (C=O) groups is 1. The van der Waals surface area contributed by atoms with Crippen molar-refractivity contribution in [2.45, 2.75) is 32.6 Å². The van der Waals surface area contributed by atoms with Gasteiger partial charge in [-0.1, -0.05) is 6.92 Å². The molecule has 0 spiro atoms. The molecule has 0 radical (unpaired) electrons. The topological polar surface area (TPSA) is 38.8 Å². The molecular weight excluding hydrogens is 310 g/mol. The average Bonchev–Trinajstić information content (AvgIpc) is 2.61. The molecule has 1 saturated heterocycles. The molecule has 128 valence electrons. The molecule has 0 bridgehead atoms. The van der Waals surface area contributed by atoms with Crippen LogP contribution in [0.2, 0.25) is 0 Å². The smallest absolute Gasteiger partial charge is 0.232 e. The largest absolute Gasteiger partial charge is 0.494 e. The molecule has 1 fully saturated rings. The lowest BCUT2D eigenvalue weighted by Gasteiger charge is -2.26. The van der Waals surface area contributed by atoms with Crippen LogP contribution >= 0.6 is 11.8 Å². The fourth-order valence-corrected chi connectivity index (χ4v) is 3.17. The Balaban J connectivity index is 1.57. The lowest BCUT2D eigenvalue weighted by Crippen LogP contribution is -2.36. The Morgan fingerprint density at radius 2 is 1.65 bits per heavy atom. The third-order valence-electron chi connectivity index (χ3n) is 3.73. The van der Waals surface area contributed by atoms with Crippen molar-refractivity contribution in [2.75, 3.05) is 37.8 Å². The summed E-state index contributed by atoms with van der Waals surface area (Å²) in [5.74, 6) is 3.38. The summed E-state index contributed by atoms with van der Waals surface area (Å²) in [6, 6.07) is 7.71. The van der Waals surface area contributed by atoms with Crippen molar-refractivity contribution < 1.29 is 14.3 Å². The van der Waals surface area contributed by atoms with Crippen LogP contribution in [0, 0.1) is 0 Å². The Morgan fingerprint density at radius 3 is 2.26 bits per heavy atom. The second kappa shape index (κ2) is 10.4. The molecular formula is C18H27NO3S. The van der Waals surface area contributed by atoms with Crippen LogP contribution in [-0.2, 0) is 4.79 Å². The maximum absolute atomic E-state index is 12.0. The predicted molar refractivity (Wildman–Crippen MR) is 95.5 cm³/mol. The van der Waals surface area contributed by atoms with E-state index in [0.29, 0.717) is 12.4 Å². The van der Waals surface area contributed by atoms with Crippen LogP contribution in [-0.4, -0.2) is 48.6 Å². The molecule has 1 heterocycles. The number of likely N-dealkylation sites (tertiary alicyclic amines) is 1. The highest BCUT2D eigenvalue weighted by Gasteiger charge is 2.15. The fourth-order valence-electron chi connectivity index (χ4n) is 2.46. The van der Waals surface area contributed by atoms with Gasteiger partial charge in [-0.2, -0.15) is 0 Å². The summed E-state index contributed by atoms with van der Waals surface area (Å²) in [5.41, 5.74) is 0. The first-order chi connectivity index (χ1) is 11.3. The van der Waals surface area contributed by atoms with Gasteiger partial charge < -0.3 is 14.4 Å². The number of hydrogen-bond donors (Lipinski definition) is 0. The average molecular weight is 337 g/mol.